The van der Waals surface area contributed by atoms with Crippen molar-refractivity contribution in [2.75, 3.05) is 18.5 Å². The molecule has 0 spiro atoms. The van der Waals surface area contributed by atoms with Crippen LogP contribution in [0.3, 0.4) is 0 Å². The molecular weight excluding hydrogens is 238 g/mol. The average Bonchev–Trinajstić information content (AvgIpc) is 2.33. The van der Waals surface area contributed by atoms with Crippen molar-refractivity contribution >= 4 is 11.7 Å². The van der Waals surface area contributed by atoms with Gasteiger partial charge in [0.15, 0.2) is 0 Å². The highest BCUT2D eigenvalue weighted by Crippen LogP contribution is 2.29. The number of carbonyl (C=O) groups is 1. The highest BCUT2D eigenvalue weighted by atomic mass is 16.2. The van der Waals surface area contributed by atoms with Crippen molar-refractivity contribution in [3.8, 4) is 0 Å². The van der Waals surface area contributed by atoms with Crippen molar-refractivity contribution in [2.45, 2.75) is 33.4 Å². The number of amides is 2. The Bertz CT molecular complexity index is 479. The summed E-state index contributed by atoms with van der Waals surface area (Å²) in [6, 6.07) is 8.00. The van der Waals surface area contributed by atoms with E-state index in [4.69, 9.17) is 5.73 Å². The van der Waals surface area contributed by atoms with Gasteiger partial charge in [-0.25, -0.2) is 4.79 Å². The topological polar surface area (TPSA) is 49.6 Å². The molecule has 2 N–H and O–H groups in total. The molecule has 1 aromatic carbocycles. The second-order valence-electron chi connectivity index (χ2n) is 6.35. The lowest BCUT2D eigenvalue weighted by Gasteiger charge is -2.39. The van der Waals surface area contributed by atoms with Gasteiger partial charge in [-0.3, -0.25) is 4.90 Å². The van der Waals surface area contributed by atoms with Gasteiger partial charge >= 0.3 is 6.03 Å². The van der Waals surface area contributed by atoms with Crippen LogP contribution in [-0.2, 0) is 6.54 Å². The second kappa shape index (κ2) is 4.85. The number of carbonyl (C=O) groups excluding carboxylic acids is 1. The maximum absolute atomic E-state index is 12.3. The Morgan fingerprint density at radius 2 is 1.95 bits per heavy atom. The average molecular weight is 261 g/mol. The van der Waals surface area contributed by atoms with Crippen LogP contribution in [0.5, 0.6) is 0 Å². The van der Waals surface area contributed by atoms with Crippen molar-refractivity contribution in [3.05, 3.63) is 29.8 Å². The summed E-state index contributed by atoms with van der Waals surface area (Å²) in [6.45, 7) is 7.51. The number of nitrogens with zero attached hydrogens (tertiary/aromatic N) is 2. The number of anilines is 1. The highest BCUT2D eigenvalue weighted by molar-refractivity contribution is 5.94. The normalized spacial score (nSPS) is 17.4. The van der Waals surface area contributed by atoms with Gasteiger partial charge in [0.25, 0.3) is 0 Å². The molecule has 1 aliphatic rings. The molecule has 0 aromatic heterocycles. The summed E-state index contributed by atoms with van der Waals surface area (Å²) in [7, 11) is 1.83. The molecule has 1 unspecified atom stereocenters. The third kappa shape index (κ3) is 2.73. The van der Waals surface area contributed by atoms with Crippen molar-refractivity contribution in [1.29, 1.82) is 0 Å². The molecule has 1 aliphatic heterocycles. The van der Waals surface area contributed by atoms with Gasteiger partial charge in [-0.2, -0.15) is 0 Å². The Kier molecular flexibility index (Phi) is 3.54. The van der Waals surface area contributed by atoms with Gasteiger partial charge < -0.3 is 10.6 Å². The highest BCUT2D eigenvalue weighted by Gasteiger charge is 2.31. The minimum Gasteiger partial charge on any atom is -0.326 e. The molecule has 1 atom stereocenters. The fourth-order valence-corrected chi connectivity index (χ4v) is 2.19. The monoisotopic (exact) mass is 261 g/mol. The van der Waals surface area contributed by atoms with E-state index in [9.17, 15) is 4.79 Å². The summed E-state index contributed by atoms with van der Waals surface area (Å²) in [5.74, 6) is 0. The van der Waals surface area contributed by atoms with Crippen LogP contribution in [0.25, 0.3) is 0 Å². The number of para-hydroxylation sites is 1. The molecule has 0 saturated carbocycles. The quantitative estimate of drug-likeness (QED) is 0.889. The van der Waals surface area contributed by atoms with Gasteiger partial charge in [0.05, 0.1) is 5.69 Å². The summed E-state index contributed by atoms with van der Waals surface area (Å²) in [6.07, 6.45) is 0. The molecule has 4 nitrogen and oxygen atoms in total. The van der Waals surface area contributed by atoms with E-state index in [0.717, 1.165) is 5.69 Å². The number of urea groups is 1. The van der Waals surface area contributed by atoms with Gasteiger partial charge in [0, 0.05) is 26.2 Å². The largest absolute Gasteiger partial charge is 0.326 e. The molecule has 1 heterocycles. The lowest BCUT2D eigenvalue weighted by Crippen LogP contribution is -2.52. The second-order valence-corrected chi connectivity index (χ2v) is 6.35. The molecule has 0 aliphatic carbocycles. The Hall–Kier alpha value is -1.55. The maximum Gasteiger partial charge on any atom is 0.324 e. The van der Waals surface area contributed by atoms with E-state index in [1.165, 1.54) is 5.56 Å². The fourth-order valence-electron chi connectivity index (χ4n) is 2.19. The number of fused-ring (bicyclic) bond motifs is 1. The molecular formula is C15H23N3O. The van der Waals surface area contributed by atoms with Crippen LogP contribution in [0, 0.1) is 5.41 Å². The lowest BCUT2D eigenvalue weighted by molar-refractivity contribution is 0.207. The smallest absolute Gasteiger partial charge is 0.324 e. The first-order valence-corrected chi connectivity index (χ1v) is 6.67. The van der Waals surface area contributed by atoms with Crippen LogP contribution < -0.4 is 10.6 Å². The minimum absolute atomic E-state index is 0.0226. The molecule has 19 heavy (non-hydrogen) atoms. The molecule has 2 rings (SSSR count). The van der Waals surface area contributed by atoms with Crippen LogP contribution in [0.15, 0.2) is 24.3 Å². The van der Waals surface area contributed by atoms with Gasteiger partial charge in [-0.05, 0) is 17.0 Å². The van der Waals surface area contributed by atoms with Crippen LogP contribution in [0.1, 0.15) is 26.3 Å². The lowest BCUT2D eigenvalue weighted by atomic mass is 9.87. The Balaban J connectivity index is 2.31. The van der Waals surface area contributed by atoms with Gasteiger partial charge in [-0.15, -0.1) is 0 Å². The zero-order valence-corrected chi connectivity index (χ0v) is 12.2. The number of nitrogens with two attached hydrogens (primary N) is 1. The Labute approximate surface area is 115 Å². The van der Waals surface area contributed by atoms with E-state index in [2.05, 4.69) is 26.8 Å². The van der Waals surface area contributed by atoms with E-state index in [0.29, 0.717) is 13.1 Å². The van der Waals surface area contributed by atoms with Gasteiger partial charge in [0.2, 0.25) is 0 Å². The zero-order chi connectivity index (χ0) is 14.2. The molecule has 0 fully saturated rings. The van der Waals surface area contributed by atoms with Crippen LogP contribution in [-0.4, -0.2) is 30.6 Å². The molecule has 4 heteroatoms. The first-order valence-electron chi connectivity index (χ1n) is 6.67. The van der Waals surface area contributed by atoms with Crippen molar-refractivity contribution in [3.63, 3.8) is 0 Å². The van der Waals surface area contributed by atoms with Crippen molar-refractivity contribution in [2.24, 2.45) is 11.1 Å². The Morgan fingerprint density at radius 1 is 1.32 bits per heavy atom. The summed E-state index contributed by atoms with van der Waals surface area (Å²) < 4.78 is 0. The van der Waals surface area contributed by atoms with Crippen molar-refractivity contribution in [1.82, 2.24) is 4.90 Å². The molecule has 1 aromatic rings. The number of hydrogen-bond donors (Lipinski definition) is 1. The fraction of sp³-hybridized carbons (Fsp3) is 0.533. The third-order valence-electron chi connectivity index (χ3n) is 3.74. The van der Waals surface area contributed by atoms with E-state index < -0.39 is 0 Å². The molecule has 104 valence electrons. The Morgan fingerprint density at radius 3 is 2.58 bits per heavy atom. The summed E-state index contributed by atoms with van der Waals surface area (Å²) in [5.41, 5.74) is 8.37. The number of rotatable bonds is 2. The minimum atomic E-state index is -0.0593. The molecule has 0 bridgehead atoms. The zero-order valence-electron chi connectivity index (χ0n) is 12.2. The first-order chi connectivity index (χ1) is 8.80. The summed E-state index contributed by atoms with van der Waals surface area (Å²) in [5, 5.41) is 0. The molecule has 0 radical (unpaired) electrons. The van der Waals surface area contributed by atoms with E-state index >= 15 is 0 Å². The van der Waals surface area contributed by atoms with Crippen LogP contribution >= 0.6 is 0 Å². The van der Waals surface area contributed by atoms with E-state index in [1.54, 1.807) is 9.80 Å². The first kappa shape index (κ1) is 13.9. The number of hydrogen-bond acceptors (Lipinski definition) is 2. The van der Waals surface area contributed by atoms with Crippen LogP contribution in [0.4, 0.5) is 10.5 Å². The summed E-state index contributed by atoms with van der Waals surface area (Å²) >= 11 is 0. The molecule has 2 amide bonds. The van der Waals surface area contributed by atoms with Gasteiger partial charge in [-0.1, -0.05) is 39.0 Å². The molecule has 0 saturated heterocycles. The van der Waals surface area contributed by atoms with Crippen molar-refractivity contribution < 1.29 is 4.79 Å². The standard InChI is InChI=1S/C15H23N3O/c1-15(2,3)13(16)10-18-12-8-6-5-7-11(12)9-17(4)14(18)19/h5-8,13H,9-10,16H2,1-4H3. The summed E-state index contributed by atoms with van der Waals surface area (Å²) in [4.78, 5) is 15.9. The van der Waals surface area contributed by atoms with E-state index in [-0.39, 0.29) is 17.5 Å². The third-order valence-corrected chi connectivity index (χ3v) is 3.74. The predicted molar refractivity (Wildman–Crippen MR) is 78.1 cm³/mol. The SMILES string of the molecule is CN1Cc2ccccc2N(CC(N)C(C)(C)C)C1=O. The van der Waals surface area contributed by atoms with Crippen LogP contribution in [0.2, 0.25) is 0 Å². The predicted octanol–water partition coefficient (Wildman–Crippen LogP) is 2.43. The number of benzene rings is 1. The maximum atomic E-state index is 12.3. The van der Waals surface area contributed by atoms with E-state index in [1.807, 2.05) is 25.2 Å². The van der Waals surface area contributed by atoms with Gasteiger partial charge in [0.1, 0.15) is 0 Å².